The summed E-state index contributed by atoms with van der Waals surface area (Å²) < 4.78 is 1.83. The van der Waals surface area contributed by atoms with E-state index in [1.54, 1.807) is 41.3 Å². The third-order valence-electron chi connectivity index (χ3n) is 6.47. The van der Waals surface area contributed by atoms with Gasteiger partial charge in [0.15, 0.2) is 0 Å². The minimum absolute atomic E-state index is 0.00625. The molecular formula is C25H31N5O4. The Balaban J connectivity index is 1.41. The second kappa shape index (κ2) is 9.70. The quantitative estimate of drug-likeness (QED) is 0.630. The van der Waals surface area contributed by atoms with Gasteiger partial charge in [-0.1, -0.05) is 19.9 Å². The summed E-state index contributed by atoms with van der Waals surface area (Å²) in [6.45, 7) is 6.89. The van der Waals surface area contributed by atoms with Gasteiger partial charge in [0.25, 0.3) is 5.56 Å². The average molecular weight is 466 g/mol. The third kappa shape index (κ3) is 5.13. The highest BCUT2D eigenvalue weighted by Gasteiger charge is 2.37. The topological polar surface area (TPSA) is 113 Å². The van der Waals surface area contributed by atoms with E-state index >= 15 is 0 Å². The van der Waals surface area contributed by atoms with Gasteiger partial charge in [0, 0.05) is 55.6 Å². The lowest BCUT2D eigenvalue weighted by molar-refractivity contribution is -0.119. The van der Waals surface area contributed by atoms with Gasteiger partial charge >= 0.3 is 6.03 Å². The molecule has 2 aliphatic heterocycles. The summed E-state index contributed by atoms with van der Waals surface area (Å²) >= 11 is 0. The van der Waals surface area contributed by atoms with Gasteiger partial charge in [0.2, 0.25) is 11.8 Å². The second-order valence-corrected chi connectivity index (χ2v) is 9.52. The summed E-state index contributed by atoms with van der Waals surface area (Å²) in [6, 6.07) is 11.1. The fraction of sp³-hybridized carbons (Fsp3) is 0.440. The van der Waals surface area contributed by atoms with Crippen molar-refractivity contribution in [3.8, 4) is 0 Å². The first-order valence-corrected chi connectivity index (χ1v) is 11.6. The molecule has 1 aromatic carbocycles. The van der Waals surface area contributed by atoms with Crippen molar-refractivity contribution in [2.24, 2.45) is 11.8 Å². The molecule has 9 nitrogen and oxygen atoms in total. The van der Waals surface area contributed by atoms with Gasteiger partial charge in [-0.2, -0.15) is 0 Å². The van der Waals surface area contributed by atoms with E-state index in [1.807, 2.05) is 24.5 Å². The maximum Gasteiger partial charge on any atom is 0.318 e. The molecule has 2 aromatic rings. The molecule has 4 rings (SSSR count). The van der Waals surface area contributed by atoms with Crippen molar-refractivity contribution in [1.82, 2.24) is 14.8 Å². The first kappa shape index (κ1) is 23.5. The first-order chi connectivity index (χ1) is 16.2. The molecule has 2 bridgehead atoms. The highest BCUT2D eigenvalue weighted by atomic mass is 16.2. The lowest BCUT2D eigenvalue weighted by atomic mass is 9.83. The van der Waals surface area contributed by atoms with Crippen LogP contribution in [0.25, 0.3) is 0 Å². The maximum atomic E-state index is 13.2. The van der Waals surface area contributed by atoms with Gasteiger partial charge in [-0.05, 0) is 48.6 Å². The highest BCUT2D eigenvalue weighted by Crippen LogP contribution is 2.35. The number of aromatic nitrogens is 1. The van der Waals surface area contributed by atoms with Crippen LogP contribution in [-0.4, -0.2) is 46.4 Å². The van der Waals surface area contributed by atoms with Crippen molar-refractivity contribution in [2.45, 2.75) is 45.7 Å². The van der Waals surface area contributed by atoms with E-state index in [1.165, 1.54) is 6.92 Å². The number of anilines is 2. The first-order valence-electron chi connectivity index (χ1n) is 11.6. The van der Waals surface area contributed by atoms with Gasteiger partial charge in [-0.3, -0.25) is 14.4 Å². The molecule has 1 aromatic heterocycles. The number of fused-ring (bicyclic) bond motifs is 4. The fourth-order valence-electron chi connectivity index (χ4n) is 4.88. The number of benzene rings is 1. The summed E-state index contributed by atoms with van der Waals surface area (Å²) in [6.07, 6.45) is 0.954. The van der Waals surface area contributed by atoms with Crippen LogP contribution in [-0.2, 0) is 16.1 Å². The van der Waals surface area contributed by atoms with Gasteiger partial charge in [-0.15, -0.1) is 0 Å². The predicted octanol–water partition coefficient (Wildman–Crippen LogP) is 2.60. The number of hydrogen-bond donors (Lipinski definition) is 3. The number of carbonyl (C=O) groups excluding carboxylic acids is 3. The van der Waals surface area contributed by atoms with Crippen LogP contribution in [0.4, 0.5) is 16.2 Å². The number of piperidine rings is 1. The summed E-state index contributed by atoms with van der Waals surface area (Å²) in [5, 5.41) is 8.45. The number of likely N-dealkylation sites (tertiary alicyclic amines) is 1. The smallest absolute Gasteiger partial charge is 0.318 e. The molecule has 1 fully saturated rings. The van der Waals surface area contributed by atoms with Crippen LogP contribution in [0.5, 0.6) is 0 Å². The Morgan fingerprint density at radius 1 is 0.941 bits per heavy atom. The molecule has 34 heavy (non-hydrogen) atoms. The van der Waals surface area contributed by atoms with Gasteiger partial charge in [-0.25, -0.2) is 4.79 Å². The number of urea groups is 1. The van der Waals surface area contributed by atoms with Crippen LogP contribution in [0.2, 0.25) is 0 Å². The predicted molar refractivity (Wildman–Crippen MR) is 130 cm³/mol. The third-order valence-corrected chi connectivity index (χ3v) is 6.47. The second-order valence-electron chi connectivity index (χ2n) is 9.52. The molecule has 0 saturated carbocycles. The molecule has 3 N–H and O–H groups in total. The maximum absolute atomic E-state index is 13.2. The summed E-state index contributed by atoms with van der Waals surface area (Å²) in [5.41, 5.74) is 2.20. The van der Waals surface area contributed by atoms with E-state index in [2.05, 4.69) is 16.0 Å². The zero-order valence-corrected chi connectivity index (χ0v) is 19.7. The van der Waals surface area contributed by atoms with Crippen LogP contribution in [0.1, 0.15) is 38.8 Å². The van der Waals surface area contributed by atoms with Gasteiger partial charge in [0.1, 0.15) is 6.04 Å². The molecule has 9 heteroatoms. The van der Waals surface area contributed by atoms with Crippen molar-refractivity contribution >= 4 is 29.2 Å². The number of hydrogen-bond acceptors (Lipinski definition) is 4. The van der Waals surface area contributed by atoms with Crippen LogP contribution in [0, 0.1) is 11.8 Å². The molecule has 0 aliphatic carbocycles. The molecule has 0 unspecified atom stereocenters. The fourth-order valence-corrected chi connectivity index (χ4v) is 4.88. The van der Waals surface area contributed by atoms with Crippen molar-refractivity contribution < 1.29 is 14.4 Å². The van der Waals surface area contributed by atoms with Gasteiger partial charge in [0.05, 0.1) is 0 Å². The van der Waals surface area contributed by atoms with Crippen LogP contribution in [0.15, 0.2) is 47.3 Å². The lowest BCUT2D eigenvalue weighted by Gasteiger charge is -2.43. The molecule has 2 aliphatic rings. The van der Waals surface area contributed by atoms with Crippen molar-refractivity contribution in [3.05, 3.63) is 58.5 Å². The Bertz CT molecular complexity index is 1140. The largest absolute Gasteiger partial charge is 0.326 e. The molecule has 3 heterocycles. The monoisotopic (exact) mass is 465 g/mol. The Morgan fingerprint density at radius 2 is 1.62 bits per heavy atom. The number of amides is 4. The number of carbonyl (C=O) groups is 3. The summed E-state index contributed by atoms with van der Waals surface area (Å²) in [5.74, 6) is -0.265. The number of rotatable bonds is 5. The minimum Gasteiger partial charge on any atom is -0.326 e. The Labute approximate surface area is 198 Å². The molecule has 3 atom stereocenters. The normalized spacial score (nSPS) is 19.7. The van der Waals surface area contributed by atoms with E-state index in [-0.39, 0.29) is 41.2 Å². The minimum atomic E-state index is -0.709. The average Bonchev–Trinajstić information content (AvgIpc) is 2.78. The molecule has 4 amide bonds. The van der Waals surface area contributed by atoms with Crippen molar-refractivity contribution in [2.75, 3.05) is 23.7 Å². The van der Waals surface area contributed by atoms with E-state index in [0.29, 0.717) is 31.0 Å². The number of pyridine rings is 1. The molecule has 1 saturated heterocycles. The van der Waals surface area contributed by atoms with E-state index in [0.717, 1.165) is 12.1 Å². The van der Waals surface area contributed by atoms with Crippen LogP contribution in [0.3, 0.4) is 0 Å². The standard InChI is InChI=1S/C25H31N5O4/c1-15(2)23(24(33)27-20-9-7-19(8-10-20)26-16(3)31)28-25(34)29-12-17-11-18(14-29)21-5-4-6-22(32)30(21)13-17/h4-10,15,17-18,23H,11-14H2,1-3H3,(H,26,31)(H,27,33)(H,28,34)/t17-,18+,23+/m1/s1. The van der Waals surface area contributed by atoms with E-state index < -0.39 is 6.04 Å². The van der Waals surface area contributed by atoms with Crippen LogP contribution < -0.4 is 21.5 Å². The summed E-state index contributed by atoms with van der Waals surface area (Å²) in [4.78, 5) is 51.3. The van der Waals surface area contributed by atoms with Crippen molar-refractivity contribution in [1.29, 1.82) is 0 Å². The number of nitrogens with one attached hydrogen (secondary N) is 3. The Kier molecular flexibility index (Phi) is 6.72. The van der Waals surface area contributed by atoms with E-state index in [9.17, 15) is 19.2 Å². The van der Waals surface area contributed by atoms with Gasteiger partial charge < -0.3 is 25.4 Å². The van der Waals surface area contributed by atoms with Crippen LogP contribution >= 0.6 is 0 Å². The molecular weight excluding hydrogens is 434 g/mol. The SMILES string of the molecule is CC(=O)Nc1ccc(NC(=O)[C@@H](NC(=O)N2C[C@H]3C[C@@H](C2)c2cccc(=O)n2C3)C(C)C)cc1. The molecule has 0 radical (unpaired) electrons. The zero-order chi connectivity index (χ0) is 24.4. The number of nitrogens with zero attached hydrogens (tertiary/aromatic N) is 2. The Hall–Kier alpha value is -3.62. The van der Waals surface area contributed by atoms with E-state index in [4.69, 9.17) is 0 Å². The highest BCUT2D eigenvalue weighted by molar-refractivity contribution is 5.97. The zero-order valence-electron chi connectivity index (χ0n) is 19.7. The summed E-state index contributed by atoms with van der Waals surface area (Å²) in [7, 11) is 0. The van der Waals surface area contributed by atoms with Crippen molar-refractivity contribution in [3.63, 3.8) is 0 Å². The Morgan fingerprint density at radius 3 is 2.26 bits per heavy atom. The molecule has 180 valence electrons. The molecule has 0 spiro atoms. The lowest BCUT2D eigenvalue weighted by Crippen LogP contribution is -2.56.